The highest BCUT2D eigenvalue weighted by atomic mass is 16.5. The van der Waals surface area contributed by atoms with Gasteiger partial charge in [-0.05, 0) is 6.92 Å². The molecule has 0 rings (SSSR count). The highest BCUT2D eigenvalue weighted by Gasteiger charge is 2.22. The number of carbonyl (C=O) groups excluding carboxylic acids is 1. The average Bonchev–Trinajstić information content (AvgIpc) is 2.22. The molecule has 0 aliphatic rings. The molecule has 0 aromatic heterocycles. The summed E-state index contributed by atoms with van der Waals surface area (Å²) in [5, 5.41) is 21.5. The Kier molecular flexibility index (Phi) is 7.44. The van der Waals surface area contributed by atoms with Gasteiger partial charge in [-0.2, -0.15) is 0 Å². The lowest BCUT2D eigenvalue weighted by Gasteiger charge is -2.13. The summed E-state index contributed by atoms with van der Waals surface area (Å²) in [7, 11) is 0. The Labute approximate surface area is 97.9 Å². The lowest BCUT2D eigenvalue weighted by molar-refractivity contribution is -0.145. The van der Waals surface area contributed by atoms with Crippen LogP contribution in [0.1, 0.15) is 13.3 Å². The molecular weight excluding hydrogens is 232 g/mol. The number of urea groups is 1. The van der Waals surface area contributed by atoms with Crippen LogP contribution in [0.3, 0.4) is 0 Å². The first-order chi connectivity index (χ1) is 7.97. The maximum atomic E-state index is 11.2. The second kappa shape index (κ2) is 8.34. The summed E-state index contributed by atoms with van der Waals surface area (Å²) in [6.45, 7) is 2.84. The van der Waals surface area contributed by atoms with Crippen LogP contribution in [0, 0.1) is 0 Å². The van der Waals surface area contributed by atoms with Gasteiger partial charge in [0.1, 0.15) is 6.04 Å². The number of carbonyl (C=O) groups is 3. The van der Waals surface area contributed by atoms with Gasteiger partial charge >= 0.3 is 18.0 Å². The van der Waals surface area contributed by atoms with Crippen molar-refractivity contribution in [3.8, 4) is 0 Å². The standard InChI is InChI=1S/C9H16N2O6/c1-2-17-4-3-10-9(16)11-6(8(14)15)5-7(12)13/h6H,2-5H2,1H3,(H,12,13)(H,14,15)(H2,10,11,16)/t6-/m0/s1. The molecule has 8 nitrogen and oxygen atoms in total. The first kappa shape index (κ1) is 15.2. The fraction of sp³-hybridized carbons (Fsp3) is 0.667. The van der Waals surface area contributed by atoms with Gasteiger partial charge < -0.3 is 25.6 Å². The predicted octanol–water partition coefficient (Wildman–Crippen LogP) is -0.750. The molecule has 0 aromatic rings. The molecule has 0 bridgehead atoms. The van der Waals surface area contributed by atoms with Crippen LogP contribution < -0.4 is 10.6 Å². The number of rotatable bonds is 8. The monoisotopic (exact) mass is 248 g/mol. The summed E-state index contributed by atoms with van der Waals surface area (Å²) in [6, 6.07) is -2.18. The van der Waals surface area contributed by atoms with Gasteiger partial charge in [-0.1, -0.05) is 0 Å². The summed E-state index contributed by atoms with van der Waals surface area (Å²) >= 11 is 0. The Morgan fingerprint density at radius 1 is 1.29 bits per heavy atom. The molecule has 1 atom stereocenters. The van der Waals surface area contributed by atoms with Gasteiger partial charge in [-0.25, -0.2) is 9.59 Å². The zero-order valence-corrected chi connectivity index (χ0v) is 9.43. The first-order valence-corrected chi connectivity index (χ1v) is 5.04. The molecule has 17 heavy (non-hydrogen) atoms. The van der Waals surface area contributed by atoms with E-state index >= 15 is 0 Å². The van der Waals surface area contributed by atoms with E-state index in [4.69, 9.17) is 14.9 Å². The highest BCUT2D eigenvalue weighted by molar-refractivity contribution is 5.86. The molecule has 0 unspecified atom stereocenters. The highest BCUT2D eigenvalue weighted by Crippen LogP contribution is 1.92. The largest absolute Gasteiger partial charge is 0.481 e. The van der Waals surface area contributed by atoms with Crippen LogP contribution in [0.2, 0.25) is 0 Å². The fourth-order valence-corrected chi connectivity index (χ4v) is 0.965. The van der Waals surface area contributed by atoms with Crippen molar-refractivity contribution in [2.45, 2.75) is 19.4 Å². The summed E-state index contributed by atoms with van der Waals surface area (Å²) < 4.78 is 4.95. The first-order valence-electron chi connectivity index (χ1n) is 5.04. The van der Waals surface area contributed by atoms with Gasteiger partial charge in [0.25, 0.3) is 0 Å². The molecule has 0 aliphatic carbocycles. The van der Waals surface area contributed by atoms with Crippen LogP contribution in [0.4, 0.5) is 4.79 Å². The van der Waals surface area contributed by atoms with Gasteiger partial charge in [-0.15, -0.1) is 0 Å². The lowest BCUT2D eigenvalue weighted by atomic mass is 10.2. The molecule has 0 aromatic carbocycles. The molecule has 0 spiro atoms. The van der Waals surface area contributed by atoms with Crippen LogP contribution in [0.25, 0.3) is 0 Å². The Morgan fingerprint density at radius 2 is 1.94 bits per heavy atom. The van der Waals surface area contributed by atoms with E-state index in [2.05, 4.69) is 5.32 Å². The molecule has 0 saturated heterocycles. The summed E-state index contributed by atoms with van der Waals surface area (Å²) in [5.41, 5.74) is 0. The van der Waals surface area contributed by atoms with Crippen LogP contribution in [-0.2, 0) is 14.3 Å². The van der Waals surface area contributed by atoms with Crippen molar-refractivity contribution in [2.24, 2.45) is 0 Å². The van der Waals surface area contributed by atoms with Gasteiger partial charge in [-0.3, -0.25) is 4.79 Å². The molecule has 0 aliphatic heterocycles. The molecule has 0 radical (unpaired) electrons. The summed E-state index contributed by atoms with van der Waals surface area (Å²) in [5.74, 6) is -2.70. The third-order valence-electron chi connectivity index (χ3n) is 1.72. The van der Waals surface area contributed by atoms with E-state index in [0.717, 1.165) is 0 Å². The Balaban J connectivity index is 3.96. The SMILES string of the molecule is CCOCCNC(=O)N[C@@H](CC(=O)O)C(=O)O. The number of carboxylic acid groups (broad SMARTS) is 2. The van der Waals surface area contributed by atoms with Gasteiger partial charge in [0.15, 0.2) is 0 Å². The molecule has 0 saturated carbocycles. The van der Waals surface area contributed by atoms with E-state index in [-0.39, 0.29) is 6.54 Å². The zero-order valence-electron chi connectivity index (χ0n) is 9.43. The van der Waals surface area contributed by atoms with Gasteiger partial charge in [0, 0.05) is 13.2 Å². The minimum absolute atomic E-state index is 0.221. The Morgan fingerprint density at radius 3 is 2.41 bits per heavy atom. The second-order valence-corrected chi connectivity index (χ2v) is 3.09. The average molecular weight is 248 g/mol. The molecule has 0 heterocycles. The maximum absolute atomic E-state index is 11.2. The summed E-state index contributed by atoms with van der Waals surface area (Å²) in [6.07, 6.45) is -0.672. The van der Waals surface area contributed by atoms with E-state index < -0.39 is 30.4 Å². The van der Waals surface area contributed by atoms with Crippen LogP contribution >= 0.6 is 0 Å². The van der Waals surface area contributed by atoms with Crippen molar-refractivity contribution in [3.05, 3.63) is 0 Å². The number of hydrogen-bond donors (Lipinski definition) is 4. The smallest absolute Gasteiger partial charge is 0.326 e. The molecular formula is C9H16N2O6. The van der Waals surface area contributed by atoms with Crippen molar-refractivity contribution in [3.63, 3.8) is 0 Å². The number of nitrogens with one attached hydrogen (secondary N) is 2. The van der Waals surface area contributed by atoms with Crippen molar-refractivity contribution in [1.29, 1.82) is 0 Å². The molecule has 2 amide bonds. The normalized spacial score (nSPS) is 11.6. The van der Waals surface area contributed by atoms with Crippen LogP contribution in [0.15, 0.2) is 0 Å². The number of hydrogen-bond acceptors (Lipinski definition) is 4. The number of ether oxygens (including phenoxy) is 1. The predicted molar refractivity (Wildman–Crippen MR) is 56.7 cm³/mol. The van der Waals surface area contributed by atoms with Crippen LogP contribution in [-0.4, -0.2) is 54.0 Å². The number of aliphatic carboxylic acids is 2. The van der Waals surface area contributed by atoms with E-state index in [1.54, 1.807) is 6.92 Å². The van der Waals surface area contributed by atoms with Crippen LogP contribution in [0.5, 0.6) is 0 Å². The Bertz CT molecular complexity index is 281. The van der Waals surface area contributed by atoms with Gasteiger partial charge in [0.2, 0.25) is 0 Å². The van der Waals surface area contributed by atoms with Crippen molar-refractivity contribution < 1.29 is 29.3 Å². The molecule has 98 valence electrons. The third kappa shape index (κ3) is 8.03. The lowest BCUT2D eigenvalue weighted by Crippen LogP contribution is -2.47. The summed E-state index contributed by atoms with van der Waals surface area (Å²) in [4.78, 5) is 32.1. The van der Waals surface area contributed by atoms with E-state index in [9.17, 15) is 14.4 Å². The second-order valence-electron chi connectivity index (χ2n) is 3.09. The topological polar surface area (TPSA) is 125 Å². The molecule has 0 fully saturated rings. The molecule has 8 heteroatoms. The van der Waals surface area contributed by atoms with Crippen molar-refractivity contribution >= 4 is 18.0 Å². The fourth-order valence-electron chi connectivity index (χ4n) is 0.965. The Hall–Kier alpha value is -1.83. The van der Waals surface area contributed by atoms with Crippen molar-refractivity contribution in [1.82, 2.24) is 10.6 Å². The number of carboxylic acids is 2. The van der Waals surface area contributed by atoms with E-state index in [1.807, 2.05) is 5.32 Å². The zero-order chi connectivity index (χ0) is 13.3. The number of amides is 2. The third-order valence-corrected chi connectivity index (χ3v) is 1.72. The quantitative estimate of drug-likeness (QED) is 0.419. The van der Waals surface area contributed by atoms with E-state index in [1.165, 1.54) is 0 Å². The minimum Gasteiger partial charge on any atom is -0.481 e. The maximum Gasteiger partial charge on any atom is 0.326 e. The minimum atomic E-state index is -1.44. The van der Waals surface area contributed by atoms with Crippen molar-refractivity contribution in [2.75, 3.05) is 19.8 Å². The van der Waals surface area contributed by atoms with E-state index in [0.29, 0.717) is 13.2 Å². The molecule has 4 N–H and O–H groups in total. The van der Waals surface area contributed by atoms with Gasteiger partial charge in [0.05, 0.1) is 13.0 Å².